The van der Waals surface area contributed by atoms with Crippen LogP contribution in [0.1, 0.15) is 31.5 Å². The number of nitrogens with one attached hydrogen (secondary N) is 1. The van der Waals surface area contributed by atoms with E-state index in [1.54, 1.807) is 0 Å². The van der Waals surface area contributed by atoms with E-state index in [9.17, 15) is 0 Å². The molecule has 1 unspecified atom stereocenters. The lowest BCUT2D eigenvalue weighted by molar-refractivity contribution is 0.262. The summed E-state index contributed by atoms with van der Waals surface area (Å²) in [6, 6.07) is 2.39. The summed E-state index contributed by atoms with van der Waals surface area (Å²) in [4.78, 5) is 11.2. The standard InChI is InChI=1S/C13H22N4O/c1-10-15-12(14-2)9-13(16-10)17-7-4-3-5-11(17)6-8-18/h9,11,18H,3-8H2,1-2H3,(H,14,15,16). The van der Waals surface area contributed by atoms with Crippen LogP contribution in [-0.4, -0.2) is 41.3 Å². The average Bonchev–Trinajstić information content (AvgIpc) is 2.39. The third-order valence-corrected chi connectivity index (χ3v) is 3.46. The van der Waals surface area contributed by atoms with Crippen molar-refractivity contribution < 1.29 is 5.11 Å². The normalized spacial score (nSPS) is 19.9. The Kier molecular flexibility index (Phi) is 4.36. The fourth-order valence-corrected chi connectivity index (χ4v) is 2.58. The lowest BCUT2D eigenvalue weighted by Gasteiger charge is -2.36. The summed E-state index contributed by atoms with van der Waals surface area (Å²) in [5.41, 5.74) is 0. The molecule has 2 N–H and O–H groups in total. The van der Waals surface area contributed by atoms with Crippen LogP contribution >= 0.6 is 0 Å². The van der Waals surface area contributed by atoms with Crippen LogP contribution in [0.4, 0.5) is 11.6 Å². The van der Waals surface area contributed by atoms with Gasteiger partial charge in [0.15, 0.2) is 0 Å². The molecule has 1 aliphatic heterocycles. The van der Waals surface area contributed by atoms with Crippen molar-refractivity contribution in [3.8, 4) is 0 Å². The number of hydrogen-bond donors (Lipinski definition) is 2. The number of nitrogens with zero attached hydrogens (tertiary/aromatic N) is 3. The quantitative estimate of drug-likeness (QED) is 0.849. The molecule has 0 saturated carbocycles. The van der Waals surface area contributed by atoms with Crippen molar-refractivity contribution in [2.45, 2.75) is 38.6 Å². The second-order valence-corrected chi connectivity index (χ2v) is 4.76. The Labute approximate surface area is 108 Å². The maximum absolute atomic E-state index is 9.17. The molecule has 2 heterocycles. The molecule has 0 spiro atoms. The van der Waals surface area contributed by atoms with Crippen LogP contribution in [0.2, 0.25) is 0 Å². The molecule has 0 amide bonds. The summed E-state index contributed by atoms with van der Waals surface area (Å²) < 4.78 is 0. The van der Waals surface area contributed by atoms with E-state index < -0.39 is 0 Å². The number of anilines is 2. The number of aromatic nitrogens is 2. The first kappa shape index (κ1) is 13.1. The minimum atomic E-state index is 0.240. The van der Waals surface area contributed by atoms with Crippen molar-refractivity contribution in [3.63, 3.8) is 0 Å². The molecular formula is C13H22N4O. The van der Waals surface area contributed by atoms with Gasteiger partial charge in [0.25, 0.3) is 0 Å². The van der Waals surface area contributed by atoms with Gasteiger partial charge >= 0.3 is 0 Å². The Morgan fingerprint density at radius 2 is 2.28 bits per heavy atom. The van der Waals surface area contributed by atoms with Crippen molar-refractivity contribution in [2.24, 2.45) is 0 Å². The van der Waals surface area contributed by atoms with Crippen LogP contribution in [-0.2, 0) is 0 Å². The molecule has 0 aromatic carbocycles. The van der Waals surface area contributed by atoms with Crippen molar-refractivity contribution in [2.75, 3.05) is 30.4 Å². The summed E-state index contributed by atoms with van der Waals surface area (Å²) >= 11 is 0. The molecular weight excluding hydrogens is 228 g/mol. The second kappa shape index (κ2) is 6.00. The van der Waals surface area contributed by atoms with E-state index in [0.29, 0.717) is 6.04 Å². The highest BCUT2D eigenvalue weighted by molar-refractivity contribution is 5.50. The molecule has 1 saturated heterocycles. The highest BCUT2D eigenvalue weighted by Crippen LogP contribution is 2.26. The Morgan fingerprint density at radius 1 is 1.44 bits per heavy atom. The van der Waals surface area contributed by atoms with Crippen molar-refractivity contribution in [3.05, 3.63) is 11.9 Å². The Hall–Kier alpha value is -1.36. The zero-order valence-corrected chi connectivity index (χ0v) is 11.2. The third-order valence-electron chi connectivity index (χ3n) is 3.46. The van der Waals surface area contributed by atoms with E-state index in [-0.39, 0.29) is 6.61 Å². The van der Waals surface area contributed by atoms with Gasteiger partial charge in [-0.1, -0.05) is 0 Å². The molecule has 1 aromatic heterocycles. The zero-order valence-electron chi connectivity index (χ0n) is 11.2. The molecule has 0 bridgehead atoms. The van der Waals surface area contributed by atoms with E-state index in [1.165, 1.54) is 12.8 Å². The Balaban J connectivity index is 2.24. The molecule has 100 valence electrons. The maximum atomic E-state index is 9.17. The fraction of sp³-hybridized carbons (Fsp3) is 0.692. The number of rotatable bonds is 4. The third kappa shape index (κ3) is 2.90. The highest BCUT2D eigenvalue weighted by Gasteiger charge is 2.23. The van der Waals surface area contributed by atoms with Crippen LogP contribution in [0, 0.1) is 6.92 Å². The predicted molar refractivity (Wildman–Crippen MR) is 73.0 cm³/mol. The SMILES string of the molecule is CNc1cc(N2CCCCC2CCO)nc(C)n1. The minimum absolute atomic E-state index is 0.240. The largest absolute Gasteiger partial charge is 0.396 e. The van der Waals surface area contributed by atoms with Gasteiger partial charge in [0.2, 0.25) is 0 Å². The van der Waals surface area contributed by atoms with Crippen LogP contribution in [0.25, 0.3) is 0 Å². The summed E-state index contributed by atoms with van der Waals surface area (Å²) in [6.45, 7) is 3.17. The lowest BCUT2D eigenvalue weighted by Crippen LogP contribution is -2.40. The number of hydrogen-bond acceptors (Lipinski definition) is 5. The van der Waals surface area contributed by atoms with Crippen LogP contribution in [0.5, 0.6) is 0 Å². The number of aliphatic hydroxyl groups is 1. The summed E-state index contributed by atoms with van der Waals surface area (Å²) in [5, 5.41) is 12.2. The molecule has 1 fully saturated rings. The Morgan fingerprint density at radius 3 is 3.00 bits per heavy atom. The van der Waals surface area contributed by atoms with E-state index >= 15 is 0 Å². The monoisotopic (exact) mass is 250 g/mol. The van der Waals surface area contributed by atoms with Gasteiger partial charge in [-0.2, -0.15) is 0 Å². The van der Waals surface area contributed by atoms with Crippen LogP contribution in [0.15, 0.2) is 6.07 Å². The van der Waals surface area contributed by atoms with Crippen LogP contribution < -0.4 is 10.2 Å². The van der Waals surface area contributed by atoms with Gasteiger partial charge in [0, 0.05) is 32.3 Å². The maximum Gasteiger partial charge on any atom is 0.134 e. The van der Waals surface area contributed by atoms with Crippen molar-refractivity contribution in [1.82, 2.24) is 9.97 Å². The molecule has 1 aromatic rings. The van der Waals surface area contributed by atoms with Gasteiger partial charge in [-0.05, 0) is 32.6 Å². The highest BCUT2D eigenvalue weighted by atomic mass is 16.3. The van der Waals surface area contributed by atoms with E-state index in [2.05, 4.69) is 20.2 Å². The lowest BCUT2D eigenvalue weighted by atomic mass is 9.99. The van der Waals surface area contributed by atoms with Gasteiger partial charge in [0.05, 0.1) is 0 Å². The topological polar surface area (TPSA) is 61.3 Å². The summed E-state index contributed by atoms with van der Waals surface area (Å²) in [7, 11) is 1.87. The van der Waals surface area contributed by atoms with E-state index in [4.69, 9.17) is 5.11 Å². The van der Waals surface area contributed by atoms with Gasteiger partial charge < -0.3 is 15.3 Å². The van der Waals surface area contributed by atoms with Crippen molar-refractivity contribution >= 4 is 11.6 Å². The van der Waals surface area contributed by atoms with Crippen molar-refractivity contribution in [1.29, 1.82) is 0 Å². The van der Waals surface area contributed by atoms with E-state index in [1.807, 2.05) is 20.0 Å². The smallest absolute Gasteiger partial charge is 0.134 e. The van der Waals surface area contributed by atoms with E-state index in [0.717, 1.165) is 36.8 Å². The second-order valence-electron chi connectivity index (χ2n) is 4.76. The summed E-state index contributed by atoms with van der Waals surface area (Å²) in [5.74, 6) is 2.61. The zero-order chi connectivity index (χ0) is 13.0. The molecule has 5 heteroatoms. The number of aryl methyl sites for hydroxylation is 1. The van der Waals surface area contributed by atoms with Gasteiger partial charge in [-0.15, -0.1) is 0 Å². The predicted octanol–water partition coefficient (Wildman–Crippen LogP) is 1.57. The number of piperidine rings is 1. The Bertz CT molecular complexity index is 395. The van der Waals surface area contributed by atoms with Gasteiger partial charge in [-0.3, -0.25) is 0 Å². The molecule has 1 atom stereocenters. The molecule has 1 aliphatic rings. The van der Waals surface area contributed by atoms with Gasteiger partial charge in [-0.25, -0.2) is 9.97 Å². The molecule has 5 nitrogen and oxygen atoms in total. The first-order valence-corrected chi connectivity index (χ1v) is 6.65. The average molecular weight is 250 g/mol. The molecule has 0 aliphatic carbocycles. The van der Waals surface area contributed by atoms with Gasteiger partial charge in [0.1, 0.15) is 17.5 Å². The first-order chi connectivity index (χ1) is 8.74. The summed E-state index contributed by atoms with van der Waals surface area (Å²) in [6.07, 6.45) is 4.39. The van der Waals surface area contributed by atoms with Crippen LogP contribution in [0.3, 0.4) is 0 Å². The fourth-order valence-electron chi connectivity index (χ4n) is 2.58. The molecule has 0 radical (unpaired) electrons. The molecule has 2 rings (SSSR count). The minimum Gasteiger partial charge on any atom is -0.396 e. The first-order valence-electron chi connectivity index (χ1n) is 6.65. The molecule has 18 heavy (non-hydrogen) atoms. The number of aliphatic hydroxyl groups excluding tert-OH is 1.